The Hall–Kier alpha value is -3.58. The normalized spacial score (nSPS) is 19.2. The summed E-state index contributed by atoms with van der Waals surface area (Å²) in [6.45, 7) is 4.48. The molecule has 38 heavy (non-hydrogen) atoms. The SMILES string of the molecule is Cc1nc(Nc2ccc3c(c2)CCC(N2CCCC2)CC3)n(-c2cc3c(nn2)-c2ccccc2CCC3)n1. The molecule has 194 valence electrons. The van der Waals surface area contributed by atoms with Gasteiger partial charge in [-0.05, 0) is 118 Å². The molecular weight excluding hydrogens is 470 g/mol. The zero-order valence-electron chi connectivity index (χ0n) is 22.2. The average Bonchev–Trinajstić information content (AvgIpc) is 3.49. The van der Waals surface area contributed by atoms with Crippen LogP contribution >= 0.6 is 0 Å². The molecule has 1 atom stereocenters. The lowest BCUT2D eigenvalue weighted by Crippen LogP contribution is -2.32. The van der Waals surface area contributed by atoms with Crippen LogP contribution in [-0.4, -0.2) is 49.0 Å². The van der Waals surface area contributed by atoms with Crippen molar-refractivity contribution in [3.05, 3.63) is 76.6 Å². The molecular formula is C31H35N7. The van der Waals surface area contributed by atoms with E-state index in [4.69, 9.17) is 10.1 Å². The zero-order valence-corrected chi connectivity index (χ0v) is 22.2. The number of aromatic nitrogens is 5. The number of anilines is 2. The van der Waals surface area contributed by atoms with Crippen LogP contribution in [0.25, 0.3) is 17.1 Å². The number of nitrogens with zero attached hydrogens (tertiary/aromatic N) is 6. The molecule has 4 aromatic rings. The molecule has 0 amide bonds. The van der Waals surface area contributed by atoms with Crippen molar-refractivity contribution in [2.75, 3.05) is 18.4 Å². The standard InChI is InChI=1S/C31H35N7/c1-21-32-31(33-26-14-11-22-12-15-27(16-13-24(22)19-26)37-17-4-5-18-37)38(36-21)29-20-25-9-6-8-23-7-2-3-10-28(23)30(25)35-34-29/h2-3,7,10-11,14,19-20,27H,4-6,8-9,12-13,15-18H2,1H3,(H,32,33,36). The maximum atomic E-state index is 4.71. The molecule has 1 unspecified atom stereocenters. The van der Waals surface area contributed by atoms with Crippen molar-refractivity contribution >= 4 is 11.6 Å². The predicted molar refractivity (Wildman–Crippen MR) is 150 cm³/mol. The Kier molecular flexibility index (Phi) is 6.16. The van der Waals surface area contributed by atoms with Crippen LogP contribution in [0, 0.1) is 6.92 Å². The van der Waals surface area contributed by atoms with Crippen LogP contribution in [0.1, 0.15) is 60.2 Å². The van der Waals surface area contributed by atoms with Gasteiger partial charge in [0.1, 0.15) is 5.82 Å². The average molecular weight is 506 g/mol. The third-order valence-corrected chi connectivity index (χ3v) is 8.57. The second-order valence-corrected chi connectivity index (χ2v) is 11.1. The topological polar surface area (TPSA) is 71.8 Å². The third-order valence-electron chi connectivity index (χ3n) is 8.57. The monoisotopic (exact) mass is 505 g/mol. The highest BCUT2D eigenvalue weighted by Gasteiger charge is 2.25. The van der Waals surface area contributed by atoms with Gasteiger partial charge in [0.05, 0.1) is 5.69 Å². The van der Waals surface area contributed by atoms with E-state index in [2.05, 4.69) is 68.9 Å². The molecule has 7 rings (SSSR count). The van der Waals surface area contributed by atoms with Crippen molar-refractivity contribution in [1.29, 1.82) is 0 Å². The molecule has 0 radical (unpaired) electrons. The van der Waals surface area contributed by atoms with Crippen LogP contribution in [0.3, 0.4) is 0 Å². The first-order chi connectivity index (χ1) is 18.7. The van der Waals surface area contributed by atoms with Gasteiger partial charge in [0.25, 0.3) is 0 Å². The van der Waals surface area contributed by atoms with Gasteiger partial charge in [0.15, 0.2) is 5.82 Å². The molecule has 2 aliphatic carbocycles. The Morgan fingerprint density at radius 3 is 2.50 bits per heavy atom. The Balaban J connectivity index is 1.15. The lowest BCUT2D eigenvalue weighted by molar-refractivity contribution is 0.222. The zero-order chi connectivity index (χ0) is 25.5. The molecule has 2 aromatic heterocycles. The number of aryl methyl sites for hydroxylation is 5. The van der Waals surface area contributed by atoms with Crippen LogP contribution in [0.4, 0.5) is 11.6 Å². The highest BCUT2D eigenvalue weighted by Crippen LogP contribution is 2.32. The van der Waals surface area contributed by atoms with E-state index in [0.717, 1.165) is 43.1 Å². The molecule has 0 saturated carbocycles. The van der Waals surface area contributed by atoms with Crippen molar-refractivity contribution in [3.63, 3.8) is 0 Å². The first kappa shape index (κ1) is 23.5. The smallest absolute Gasteiger partial charge is 0.232 e. The van der Waals surface area contributed by atoms with Crippen molar-refractivity contribution in [2.24, 2.45) is 0 Å². The van der Waals surface area contributed by atoms with Crippen LogP contribution in [0.15, 0.2) is 48.5 Å². The second-order valence-electron chi connectivity index (χ2n) is 11.1. The maximum Gasteiger partial charge on any atom is 0.232 e. The summed E-state index contributed by atoms with van der Waals surface area (Å²) in [6.07, 6.45) is 10.7. The van der Waals surface area contributed by atoms with Crippen LogP contribution in [0.2, 0.25) is 0 Å². The van der Waals surface area contributed by atoms with Gasteiger partial charge >= 0.3 is 0 Å². The van der Waals surface area contributed by atoms with Crippen molar-refractivity contribution in [1.82, 2.24) is 29.9 Å². The highest BCUT2D eigenvalue weighted by atomic mass is 15.4. The molecule has 7 nitrogen and oxygen atoms in total. The van der Waals surface area contributed by atoms with Crippen LogP contribution in [0.5, 0.6) is 0 Å². The first-order valence-electron chi connectivity index (χ1n) is 14.2. The van der Waals surface area contributed by atoms with E-state index in [0.29, 0.717) is 17.6 Å². The van der Waals surface area contributed by atoms with Crippen LogP contribution in [-0.2, 0) is 25.7 Å². The van der Waals surface area contributed by atoms with Gasteiger partial charge in [0, 0.05) is 17.3 Å². The summed E-state index contributed by atoms with van der Waals surface area (Å²) >= 11 is 0. The number of hydrogen-bond acceptors (Lipinski definition) is 6. The van der Waals surface area contributed by atoms with Gasteiger partial charge in [0.2, 0.25) is 5.95 Å². The predicted octanol–water partition coefficient (Wildman–Crippen LogP) is 5.61. The number of likely N-dealkylation sites (tertiary alicyclic amines) is 1. The largest absolute Gasteiger partial charge is 0.324 e. The van der Waals surface area contributed by atoms with Gasteiger partial charge < -0.3 is 10.2 Å². The van der Waals surface area contributed by atoms with Crippen molar-refractivity contribution in [2.45, 2.75) is 70.8 Å². The van der Waals surface area contributed by atoms with Crippen molar-refractivity contribution in [3.8, 4) is 17.1 Å². The summed E-state index contributed by atoms with van der Waals surface area (Å²) in [5, 5.41) is 17.5. The van der Waals surface area contributed by atoms with E-state index < -0.39 is 0 Å². The number of nitrogens with one attached hydrogen (secondary N) is 1. The van der Waals surface area contributed by atoms with Crippen molar-refractivity contribution < 1.29 is 0 Å². The molecule has 1 fully saturated rings. The van der Waals surface area contributed by atoms with E-state index in [1.807, 2.05) is 6.92 Å². The minimum atomic E-state index is 0.675. The fourth-order valence-corrected chi connectivity index (χ4v) is 6.60. The fraction of sp³-hybridized carbons (Fsp3) is 0.419. The van der Waals surface area contributed by atoms with Gasteiger partial charge in [-0.3, -0.25) is 0 Å². The van der Waals surface area contributed by atoms with Gasteiger partial charge in [-0.2, -0.15) is 9.67 Å². The fourth-order valence-electron chi connectivity index (χ4n) is 6.60. The summed E-state index contributed by atoms with van der Waals surface area (Å²) in [5.74, 6) is 2.08. The summed E-state index contributed by atoms with van der Waals surface area (Å²) in [7, 11) is 0. The third kappa shape index (κ3) is 4.49. The summed E-state index contributed by atoms with van der Waals surface area (Å²) in [5.41, 5.74) is 8.76. The molecule has 3 heterocycles. The van der Waals surface area contributed by atoms with E-state index in [1.165, 1.54) is 73.0 Å². The van der Waals surface area contributed by atoms with Gasteiger partial charge in [-0.1, -0.05) is 30.3 Å². The Morgan fingerprint density at radius 1 is 0.789 bits per heavy atom. The minimum Gasteiger partial charge on any atom is -0.324 e. The second kappa shape index (κ2) is 9.95. The Labute approximate surface area is 224 Å². The first-order valence-corrected chi connectivity index (χ1v) is 14.2. The molecule has 0 bridgehead atoms. The van der Waals surface area contributed by atoms with Crippen LogP contribution < -0.4 is 5.32 Å². The highest BCUT2D eigenvalue weighted by molar-refractivity contribution is 5.68. The van der Waals surface area contributed by atoms with Gasteiger partial charge in [-0.15, -0.1) is 15.3 Å². The summed E-state index contributed by atoms with van der Waals surface area (Å²) in [4.78, 5) is 7.43. The Morgan fingerprint density at radius 2 is 1.61 bits per heavy atom. The number of hydrogen-bond donors (Lipinski definition) is 1. The lowest BCUT2D eigenvalue weighted by atomic mass is 10.0. The maximum absolute atomic E-state index is 4.71. The van der Waals surface area contributed by atoms with E-state index >= 15 is 0 Å². The minimum absolute atomic E-state index is 0.675. The van der Waals surface area contributed by atoms with E-state index in [1.54, 1.807) is 4.68 Å². The quantitative estimate of drug-likeness (QED) is 0.364. The number of rotatable bonds is 4. The molecule has 0 spiro atoms. The molecule has 1 aliphatic heterocycles. The van der Waals surface area contributed by atoms with E-state index in [-0.39, 0.29) is 0 Å². The molecule has 2 aromatic carbocycles. The van der Waals surface area contributed by atoms with Gasteiger partial charge in [-0.25, -0.2) is 0 Å². The number of fused-ring (bicyclic) bond motifs is 4. The number of benzene rings is 2. The molecule has 3 aliphatic rings. The molecule has 1 N–H and O–H groups in total. The van der Waals surface area contributed by atoms with E-state index in [9.17, 15) is 0 Å². The lowest BCUT2D eigenvalue weighted by Gasteiger charge is -2.25. The Bertz CT molecular complexity index is 1470. The molecule has 7 heteroatoms. The molecule has 1 saturated heterocycles. The summed E-state index contributed by atoms with van der Waals surface area (Å²) in [6, 6.07) is 18.2. The summed E-state index contributed by atoms with van der Waals surface area (Å²) < 4.78 is 1.80.